The Hall–Kier alpha value is -0.0400. The zero-order chi connectivity index (χ0) is 5.21. The molecule has 0 aliphatic heterocycles. The van der Waals surface area contributed by atoms with Crippen LogP contribution in [0.3, 0.4) is 0 Å². The van der Waals surface area contributed by atoms with Gasteiger partial charge in [0.15, 0.2) is 0 Å². The van der Waals surface area contributed by atoms with E-state index in [1.165, 1.54) is 0 Å². The van der Waals surface area contributed by atoms with Gasteiger partial charge in [0.05, 0.1) is 5.60 Å². The fourth-order valence-electron chi connectivity index (χ4n) is 0. The summed E-state index contributed by atoms with van der Waals surface area (Å²) in [5.74, 6) is 0. The highest BCUT2D eigenvalue weighted by atomic mass is 16.6. The minimum atomic E-state index is 0.0417. The maximum Gasteiger partial charge on any atom is 0.0594 e. The van der Waals surface area contributed by atoms with Gasteiger partial charge in [-0.2, -0.15) is 0 Å². The van der Waals surface area contributed by atoms with Crippen LogP contribution in [0.2, 0.25) is 0 Å². The van der Waals surface area contributed by atoms with Crippen molar-refractivity contribution in [3.63, 3.8) is 0 Å². The van der Waals surface area contributed by atoms with E-state index in [2.05, 4.69) is 0 Å². The Morgan fingerprint density at radius 3 is 1.33 bits per heavy atom. The van der Waals surface area contributed by atoms with Gasteiger partial charge in [-0.05, 0) is 20.8 Å². The lowest BCUT2D eigenvalue weighted by Gasteiger charge is -2.14. The lowest BCUT2D eigenvalue weighted by atomic mass is 10.8. The summed E-state index contributed by atoms with van der Waals surface area (Å²) in [6, 6.07) is 0. The zero-order valence-electron chi connectivity index (χ0n) is 4.91. The molecule has 6 heavy (non-hydrogen) atoms. The average Bonchev–Trinajstić information content (AvgIpc) is 1.35. The molecule has 0 rings (SSSR count). The fourth-order valence-corrected chi connectivity index (χ4v) is 0. The van der Waals surface area contributed by atoms with Crippen LogP contribution in [0.4, 0.5) is 0 Å². The molecule has 0 N–H and O–H groups in total. The molecule has 0 aromatic carbocycles. The van der Waals surface area contributed by atoms with Crippen LogP contribution >= 0.6 is 0 Å². The van der Waals surface area contributed by atoms with Crippen molar-refractivity contribution in [3.05, 3.63) is 0 Å². The average molecular weight is 90.1 g/mol. The van der Waals surface area contributed by atoms with E-state index in [0.29, 0.717) is 0 Å². The maximum atomic E-state index is 4.94. The van der Waals surface area contributed by atoms with Gasteiger partial charge < -0.3 is 4.74 Å². The highest BCUT2D eigenvalue weighted by molar-refractivity contribution is 4.55. The second-order valence-electron chi connectivity index (χ2n) is 2.32. The van der Waals surface area contributed by atoms with Crippen molar-refractivity contribution in [1.29, 1.82) is 0 Å². The minimum Gasteiger partial charge on any atom is -0.379 e. The Morgan fingerprint density at radius 1 is 1.17 bits per heavy atom. The number of hydrogen-bond acceptors (Lipinski definition) is 1. The second-order valence-corrected chi connectivity index (χ2v) is 2.32. The van der Waals surface area contributed by atoms with E-state index in [9.17, 15) is 0 Å². The Labute approximate surface area is 39.3 Å². The Kier molecular flexibility index (Phi) is 1.59. The lowest BCUT2D eigenvalue weighted by molar-refractivity contribution is 0.0397. The number of rotatable bonds is 0. The minimum absolute atomic E-state index is 0.0417. The third-order valence-electron chi connectivity index (χ3n) is 0.612. The van der Waals surface area contributed by atoms with E-state index in [4.69, 9.17) is 4.74 Å². The van der Waals surface area contributed by atoms with E-state index in [-0.39, 0.29) is 5.60 Å². The van der Waals surface area contributed by atoms with Crippen molar-refractivity contribution < 1.29 is 4.74 Å². The van der Waals surface area contributed by atoms with Crippen LogP contribution in [0.15, 0.2) is 0 Å². The molecule has 0 amide bonds. The molecular formula is C5H12O. The van der Waals surface area contributed by atoms with Crippen molar-refractivity contribution in [3.8, 4) is 0 Å². The molecule has 0 unspecified atom stereocenters. The first-order valence-electron chi connectivity index (χ1n) is 2.11. The zero-order valence-corrected chi connectivity index (χ0v) is 4.91. The third-order valence-corrected chi connectivity index (χ3v) is 0.612. The van der Waals surface area contributed by atoms with Crippen LogP contribution in [-0.4, -0.2) is 12.7 Å². The maximum absolute atomic E-state index is 4.94. The Bertz CT molecular complexity index is 33.7. The molecule has 0 saturated heterocycles. The van der Waals surface area contributed by atoms with Gasteiger partial charge in [0, 0.05) is 7.11 Å². The van der Waals surface area contributed by atoms with Gasteiger partial charge in [-0.25, -0.2) is 0 Å². The first-order chi connectivity index (χ1) is 2.56. The van der Waals surface area contributed by atoms with Crippen LogP contribution in [-0.2, 0) is 4.74 Å². The molecule has 0 aromatic rings. The predicted octanol–water partition coefficient (Wildman–Crippen LogP) is 1.43. The monoisotopic (exact) mass is 90.1 g/mol. The smallest absolute Gasteiger partial charge is 0.0594 e. The number of ether oxygens (including phenoxy) is 1. The first kappa shape index (κ1) is 5.96. The molecule has 0 radical (unpaired) electrons. The molecule has 1 nitrogen and oxygen atoms in total. The SMILES string of the molecule is CO[13C](C)(C)[13CH3]. The highest BCUT2D eigenvalue weighted by Crippen LogP contribution is 2.02. The molecule has 1 heteroatoms. The Morgan fingerprint density at radius 2 is 1.33 bits per heavy atom. The quantitative estimate of drug-likeness (QED) is 0.409. The molecule has 0 aliphatic rings. The van der Waals surface area contributed by atoms with Crippen LogP contribution in [0.25, 0.3) is 0 Å². The topological polar surface area (TPSA) is 9.23 Å². The van der Waals surface area contributed by atoms with Crippen molar-refractivity contribution >= 4 is 0 Å². The van der Waals surface area contributed by atoms with Crippen molar-refractivity contribution in [2.24, 2.45) is 0 Å². The molecule has 0 bridgehead atoms. The van der Waals surface area contributed by atoms with Gasteiger partial charge >= 0.3 is 0 Å². The summed E-state index contributed by atoms with van der Waals surface area (Å²) >= 11 is 0. The van der Waals surface area contributed by atoms with Gasteiger partial charge in [0.1, 0.15) is 0 Å². The van der Waals surface area contributed by atoms with Gasteiger partial charge in [0.2, 0.25) is 0 Å². The van der Waals surface area contributed by atoms with Crippen molar-refractivity contribution in [2.75, 3.05) is 7.11 Å². The number of hydrogen-bond donors (Lipinski definition) is 0. The van der Waals surface area contributed by atoms with Gasteiger partial charge in [0.25, 0.3) is 0 Å². The standard InChI is InChI=1S/C5H12O/c1-5(2,3)6-4/h1-4H3/i1+1,5+1. The van der Waals surface area contributed by atoms with E-state index in [1.807, 2.05) is 20.8 Å². The third kappa shape index (κ3) is 3.96. The van der Waals surface area contributed by atoms with Crippen molar-refractivity contribution in [1.82, 2.24) is 0 Å². The predicted molar refractivity (Wildman–Crippen MR) is 26.8 cm³/mol. The lowest BCUT2D eigenvalue weighted by Crippen LogP contribution is -2.15. The van der Waals surface area contributed by atoms with E-state index < -0.39 is 0 Å². The summed E-state index contributed by atoms with van der Waals surface area (Å²) in [5, 5.41) is 0. The Balaban J connectivity index is 3.17. The summed E-state index contributed by atoms with van der Waals surface area (Å²) in [4.78, 5) is 0. The fraction of sp³-hybridized carbons (Fsp3) is 1.00. The van der Waals surface area contributed by atoms with E-state index in [0.717, 1.165) is 0 Å². The van der Waals surface area contributed by atoms with Crippen molar-refractivity contribution in [2.45, 2.75) is 26.4 Å². The molecular weight excluding hydrogens is 78.0 g/mol. The van der Waals surface area contributed by atoms with Crippen LogP contribution in [0, 0.1) is 0 Å². The molecule has 0 saturated carbocycles. The highest BCUT2D eigenvalue weighted by Gasteiger charge is 2.03. The number of methoxy groups -OCH3 is 1. The molecule has 0 spiro atoms. The summed E-state index contributed by atoms with van der Waals surface area (Å²) in [6.45, 7) is 6.06. The summed E-state index contributed by atoms with van der Waals surface area (Å²) in [7, 11) is 1.71. The van der Waals surface area contributed by atoms with Gasteiger partial charge in [-0.15, -0.1) is 0 Å². The van der Waals surface area contributed by atoms with Crippen LogP contribution < -0.4 is 0 Å². The normalized spacial score (nSPS) is 12.0. The molecule has 0 atom stereocenters. The van der Waals surface area contributed by atoms with Crippen LogP contribution in [0.1, 0.15) is 20.8 Å². The molecule has 0 fully saturated rings. The van der Waals surface area contributed by atoms with Gasteiger partial charge in [-0.3, -0.25) is 0 Å². The van der Waals surface area contributed by atoms with E-state index >= 15 is 0 Å². The summed E-state index contributed by atoms with van der Waals surface area (Å²) in [6.07, 6.45) is 0. The molecule has 0 aliphatic carbocycles. The summed E-state index contributed by atoms with van der Waals surface area (Å²) < 4.78 is 4.94. The van der Waals surface area contributed by atoms with Crippen LogP contribution in [0.5, 0.6) is 0 Å². The second kappa shape index (κ2) is 1.61. The van der Waals surface area contributed by atoms with E-state index in [1.54, 1.807) is 7.11 Å². The molecule has 0 heterocycles. The largest absolute Gasteiger partial charge is 0.379 e. The molecule has 38 valence electrons. The first-order valence-corrected chi connectivity index (χ1v) is 2.11. The molecule has 0 aromatic heterocycles. The van der Waals surface area contributed by atoms with Gasteiger partial charge in [-0.1, -0.05) is 0 Å². The summed E-state index contributed by atoms with van der Waals surface area (Å²) in [5.41, 5.74) is 0.0417.